The Kier molecular flexibility index (Phi) is 2.11. The number of carbonyl (C=O) groups is 1. The van der Waals surface area contributed by atoms with E-state index < -0.39 is 0 Å². The number of hydrogen-bond acceptors (Lipinski definition) is 2. The average Bonchev–Trinajstić information content (AvgIpc) is 2.32. The second kappa shape index (κ2) is 2.75. The molecule has 0 N–H and O–H groups in total. The van der Waals surface area contributed by atoms with Gasteiger partial charge >= 0.3 is 0 Å². The summed E-state index contributed by atoms with van der Waals surface area (Å²) in [7, 11) is 6.25. The third kappa shape index (κ3) is 1.88. The second-order valence-corrected chi connectivity index (χ2v) is 4.40. The lowest BCUT2D eigenvalue weighted by Crippen LogP contribution is -2.33. The van der Waals surface area contributed by atoms with Gasteiger partial charge in [0.2, 0.25) is 0 Å². The van der Waals surface area contributed by atoms with Crippen molar-refractivity contribution in [3.8, 4) is 0 Å². The molecule has 1 aromatic rings. The van der Waals surface area contributed by atoms with Crippen molar-refractivity contribution in [3.05, 3.63) is 17.0 Å². The lowest BCUT2D eigenvalue weighted by molar-refractivity contribution is 0.112. The number of rotatable bonds is 2. The summed E-state index contributed by atoms with van der Waals surface area (Å²) in [5.41, 5.74) is 0. The molecule has 0 atom stereocenters. The minimum Gasteiger partial charge on any atom is -0.297 e. The number of carbonyl (C=O) groups excluding carboxylic acids is 1. The van der Waals surface area contributed by atoms with Crippen LogP contribution in [0.1, 0.15) is 9.67 Å². The smallest absolute Gasteiger partial charge is 0.188 e. The minimum atomic E-state index is 0.776. The van der Waals surface area contributed by atoms with Crippen molar-refractivity contribution in [2.24, 2.45) is 0 Å². The van der Waals surface area contributed by atoms with Crippen molar-refractivity contribution >= 4 is 22.6 Å². The summed E-state index contributed by atoms with van der Waals surface area (Å²) in [5.74, 6) is 0. The zero-order valence-electron chi connectivity index (χ0n) is 7.00. The van der Waals surface area contributed by atoms with Gasteiger partial charge in [0.05, 0.1) is 26.0 Å². The molecule has 0 aliphatic carbocycles. The molecule has 0 bridgehead atoms. The van der Waals surface area contributed by atoms with Gasteiger partial charge in [-0.05, 0) is 6.07 Å². The molecule has 0 fully saturated rings. The molecule has 0 unspecified atom stereocenters. The molecule has 11 heavy (non-hydrogen) atoms. The highest BCUT2D eigenvalue weighted by Crippen LogP contribution is 2.26. The van der Waals surface area contributed by atoms with E-state index in [4.69, 9.17) is 0 Å². The van der Waals surface area contributed by atoms with E-state index >= 15 is 0 Å². The molecular formula is C8H12NOS+. The van der Waals surface area contributed by atoms with Crippen LogP contribution in [0.2, 0.25) is 0 Å². The summed E-state index contributed by atoms with van der Waals surface area (Å²) in [6.07, 6.45) is 0.893. The zero-order chi connectivity index (χ0) is 8.48. The maximum Gasteiger partial charge on any atom is 0.188 e. The van der Waals surface area contributed by atoms with Crippen LogP contribution >= 0.6 is 11.3 Å². The Hall–Kier alpha value is -0.670. The SMILES string of the molecule is C[N+](C)(C)c1ccc(C=O)s1. The quantitative estimate of drug-likeness (QED) is 0.488. The van der Waals surface area contributed by atoms with Crippen molar-refractivity contribution in [1.29, 1.82) is 0 Å². The Morgan fingerprint density at radius 2 is 2.00 bits per heavy atom. The van der Waals surface area contributed by atoms with Crippen LogP contribution in [-0.2, 0) is 0 Å². The minimum absolute atomic E-state index is 0.776. The van der Waals surface area contributed by atoms with Crippen LogP contribution in [0.4, 0.5) is 5.00 Å². The fourth-order valence-electron chi connectivity index (χ4n) is 0.766. The molecule has 1 heterocycles. The largest absolute Gasteiger partial charge is 0.297 e. The standard InChI is InChI=1S/C8H12NOS/c1-9(2,3)8-5-4-7(6-10)11-8/h4-6H,1-3H3/q+1. The van der Waals surface area contributed by atoms with Gasteiger partial charge in [-0.15, -0.1) is 0 Å². The van der Waals surface area contributed by atoms with Gasteiger partial charge in [0.1, 0.15) is 0 Å². The van der Waals surface area contributed by atoms with Crippen molar-refractivity contribution in [2.45, 2.75) is 0 Å². The molecule has 0 aliphatic rings. The van der Waals surface area contributed by atoms with Gasteiger partial charge < -0.3 is 0 Å². The number of thiophene rings is 1. The first-order valence-corrected chi connectivity index (χ1v) is 4.23. The van der Waals surface area contributed by atoms with Gasteiger partial charge in [0.25, 0.3) is 0 Å². The highest BCUT2D eigenvalue weighted by atomic mass is 32.1. The molecule has 3 heteroatoms. The van der Waals surface area contributed by atoms with Crippen molar-refractivity contribution in [1.82, 2.24) is 4.48 Å². The van der Waals surface area contributed by atoms with Crippen molar-refractivity contribution < 1.29 is 4.79 Å². The Morgan fingerprint density at radius 1 is 1.36 bits per heavy atom. The van der Waals surface area contributed by atoms with Gasteiger partial charge in [-0.3, -0.25) is 9.28 Å². The van der Waals surface area contributed by atoms with E-state index in [9.17, 15) is 4.79 Å². The average molecular weight is 170 g/mol. The fraction of sp³-hybridized carbons (Fsp3) is 0.375. The predicted octanol–water partition coefficient (Wildman–Crippen LogP) is 1.76. The molecule has 2 nitrogen and oxygen atoms in total. The first-order valence-electron chi connectivity index (χ1n) is 3.41. The van der Waals surface area contributed by atoms with E-state index in [1.807, 2.05) is 12.1 Å². The van der Waals surface area contributed by atoms with Crippen LogP contribution < -0.4 is 4.48 Å². The third-order valence-electron chi connectivity index (χ3n) is 1.39. The fourth-order valence-corrected chi connectivity index (χ4v) is 1.60. The van der Waals surface area contributed by atoms with Crippen LogP contribution in [0.15, 0.2) is 12.1 Å². The lowest BCUT2D eigenvalue weighted by atomic mass is 10.5. The number of nitrogens with zero attached hydrogens (tertiary/aromatic N) is 1. The first-order chi connectivity index (χ1) is 5.04. The Labute approximate surface area is 70.7 Å². The van der Waals surface area contributed by atoms with Gasteiger partial charge in [-0.2, -0.15) is 0 Å². The first kappa shape index (κ1) is 8.43. The highest BCUT2D eigenvalue weighted by Gasteiger charge is 2.14. The third-order valence-corrected chi connectivity index (χ3v) is 2.75. The number of aldehydes is 1. The van der Waals surface area contributed by atoms with Gasteiger partial charge in [0, 0.05) is 6.07 Å². The summed E-state index contributed by atoms with van der Waals surface area (Å²) in [6, 6.07) is 3.85. The second-order valence-electron chi connectivity index (χ2n) is 3.31. The van der Waals surface area contributed by atoms with E-state index in [0.717, 1.165) is 15.6 Å². The summed E-state index contributed by atoms with van der Waals surface area (Å²) in [4.78, 5) is 11.1. The predicted molar refractivity (Wildman–Crippen MR) is 49.3 cm³/mol. The highest BCUT2D eigenvalue weighted by molar-refractivity contribution is 7.17. The molecule has 0 aromatic carbocycles. The number of hydrogen-bond donors (Lipinski definition) is 0. The molecule has 0 saturated carbocycles. The molecular weight excluding hydrogens is 158 g/mol. The molecule has 0 radical (unpaired) electrons. The Balaban J connectivity index is 2.98. The Morgan fingerprint density at radius 3 is 2.27 bits per heavy atom. The molecule has 0 amide bonds. The molecule has 0 spiro atoms. The monoisotopic (exact) mass is 170 g/mol. The maximum absolute atomic E-state index is 10.4. The van der Waals surface area contributed by atoms with E-state index in [1.54, 1.807) is 11.3 Å². The zero-order valence-corrected chi connectivity index (χ0v) is 7.81. The number of quaternary nitrogens is 1. The topological polar surface area (TPSA) is 17.1 Å². The normalized spacial score (nSPS) is 11.5. The van der Waals surface area contributed by atoms with E-state index in [2.05, 4.69) is 21.1 Å². The summed E-state index contributed by atoms with van der Waals surface area (Å²) >= 11 is 1.54. The van der Waals surface area contributed by atoms with Crippen molar-refractivity contribution in [2.75, 3.05) is 21.1 Å². The van der Waals surface area contributed by atoms with Crippen LogP contribution in [0.25, 0.3) is 0 Å². The summed E-state index contributed by atoms with van der Waals surface area (Å²) < 4.78 is 0.776. The summed E-state index contributed by atoms with van der Waals surface area (Å²) in [5, 5.41) is 1.20. The summed E-state index contributed by atoms with van der Waals surface area (Å²) in [6.45, 7) is 0. The lowest BCUT2D eigenvalue weighted by Gasteiger charge is -2.20. The van der Waals surface area contributed by atoms with Crippen LogP contribution in [0, 0.1) is 0 Å². The van der Waals surface area contributed by atoms with Gasteiger partial charge in [-0.1, -0.05) is 11.3 Å². The van der Waals surface area contributed by atoms with Gasteiger partial charge in [-0.25, -0.2) is 0 Å². The van der Waals surface area contributed by atoms with Gasteiger partial charge in [0.15, 0.2) is 11.3 Å². The molecule has 0 aliphatic heterocycles. The maximum atomic E-state index is 10.4. The van der Waals surface area contributed by atoms with Crippen LogP contribution in [-0.4, -0.2) is 27.4 Å². The molecule has 1 aromatic heterocycles. The van der Waals surface area contributed by atoms with Crippen LogP contribution in [0.5, 0.6) is 0 Å². The van der Waals surface area contributed by atoms with Crippen LogP contribution in [0.3, 0.4) is 0 Å². The van der Waals surface area contributed by atoms with Crippen molar-refractivity contribution in [3.63, 3.8) is 0 Å². The Bertz CT molecular complexity index is 259. The molecule has 1 rings (SSSR count). The molecule has 60 valence electrons. The van der Waals surface area contributed by atoms with E-state index in [1.165, 1.54) is 5.00 Å². The van der Waals surface area contributed by atoms with E-state index in [-0.39, 0.29) is 0 Å². The molecule has 0 saturated heterocycles. The van der Waals surface area contributed by atoms with E-state index in [0.29, 0.717) is 0 Å².